The quantitative estimate of drug-likeness (QED) is 0.231. The fourth-order valence-corrected chi connectivity index (χ4v) is 5.49. The molecule has 1 fully saturated rings. The molecule has 1 saturated heterocycles. The number of aromatic nitrogens is 2. The van der Waals surface area contributed by atoms with E-state index < -0.39 is 41.1 Å². The fourth-order valence-electron chi connectivity index (χ4n) is 5.49. The van der Waals surface area contributed by atoms with Gasteiger partial charge in [0.25, 0.3) is 11.8 Å². The lowest BCUT2D eigenvalue weighted by molar-refractivity contribution is -0.135. The number of hydrogen-bond donors (Lipinski definition) is 3. The van der Waals surface area contributed by atoms with E-state index in [1.165, 1.54) is 20.2 Å². The number of hydrogen-bond acceptors (Lipinski definition) is 8. The van der Waals surface area contributed by atoms with Crippen molar-refractivity contribution in [2.24, 2.45) is 0 Å². The van der Waals surface area contributed by atoms with Crippen LogP contribution in [-0.2, 0) is 35.2 Å². The Labute approximate surface area is 287 Å². The first kappa shape index (κ1) is 37.1. The van der Waals surface area contributed by atoms with Crippen LogP contribution in [0, 0.1) is 0 Å². The third kappa shape index (κ3) is 10.6. The number of carbonyl (C=O) groups excluding carboxylic acids is 4. The smallest absolute Gasteiger partial charge is 0.408 e. The van der Waals surface area contributed by atoms with Crippen molar-refractivity contribution in [3.05, 3.63) is 84.3 Å². The molecule has 0 aliphatic carbocycles. The maximum Gasteiger partial charge on any atom is 0.408 e. The molecule has 0 saturated carbocycles. The summed E-state index contributed by atoms with van der Waals surface area (Å²) in [6.45, 7) is 9.26. The molecule has 3 N–H and O–H groups in total. The molecule has 49 heavy (non-hydrogen) atoms. The number of benzene rings is 2. The molecule has 2 heterocycles. The van der Waals surface area contributed by atoms with Crippen LogP contribution < -0.4 is 16.0 Å². The third-order valence-electron chi connectivity index (χ3n) is 7.92. The maximum absolute atomic E-state index is 14.0. The first-order chi connectivity index (χ1) is 23.3. The number of imidazole rings is 1. The summed E-state index contributed by atoms with van der Waals surface area (Å²) in [7, 11) is 1.63. The number of nitrogens with zero attached hydrogens (tertiary/aromatic N) is 3. The van der Waals surface area contributed by atoms with Crippen LogP contribution in [0.1, 0.15) is 64.6 Å². The van der Waals surface area contributed by atoms with Crippen LogP contribution in [0.15, 0.2) is 73.2 Å². The Kier molecular flexibility index (Phi) is 12.5. The maximum atomic E-state index is 14.0. The Balaban J connectivity index is 1.52. The second kappa shape index (κ2) is 16.6. The average molecular weight is 677 g/mol. The zero-order valence-electron chi connectivity index (χ0n) is 29.1. The minimum absolute atomic E-state index is 0.0271. The van der Waals surface area contributed by atoms with E-state index >= 15 is 0 Å². The lowest BCUT2D eigenvalue weighted by Gasteiger charge is -2.29. The molecule has 0 bridgehead atoms. The summed E-state index contributed by atoms with van der Waals surface area (Å²) in [4.78, 5) is 59.8. The highest BCUT2D eigenvalue weighted by Crippen LogP contribution is 2.27. The van der Waals surface area contributed by atoms with Crippen molar-refractivity contribution in [1.82, 2.24) is 25.1 Å². The monoisotopic (exact) mass is 676 g/mol. The van der Waals surface area contributed by atoms with Crippen molar-refractivity contribution in [3.63, 3.8) is 0 Å². The van der Waals surface area contributed by atoms with Gasteiger partial charge in [0, 0.05) is 19.9 Å². The van der Waals surface area contributed by atoms with E-state index in [1.54, 1.807) is 38.6 Å². The highest BCUT2D eigenvalue weighted by molar-refractivity contribution is 5.98. The van der Waals surface area contributed by atoms with E-state index in [9.17, 15) is 19.2 Å². The van der Waals surface area contributed by atoms with Crippen LogP contribution in [0.25, 0.3) is 0 Å². The number of ether oxygens (including phenoxy) is 3. The summed E-state index contributed by atoms with van der Waals surface area (Å²) in [5.41, 5.74) is -0.537. The van der Waals surface area contributed by atoms with Crippen LogP contribution >= 0.6 is 0 Å². The summed E-state index contributed by atoms with van der Waals surface area (Å²) in [6.07, 6.45) is 4.06. The normalized spacial score (nSPS) is 16.0. The summed E-state index contributed by atoms with van der Waals surface area (Å²) in [5.74, 6) is -1.14. The van der Waals surface area contributed by atoms with Gasteiger partial charge in [0.2, 0.25) is 5.91 Å². The Morgan fingerprint density at radius 2 is 1.65 bits per heavy atom. The van der Waals surface area contributed by atoms with E-state index in [0.29, 0.717) is 13.2 Å². The summed E-state index contributed by atoms with van der Waals surface area (Å²) in [6, 6.07) is 16.9. The lowest BCUT2D eigenvalue weighted by Crippen LogP contribution is -2.59. The predicted molar refractivity (Wildman–Crippen MR) is 184 cm³/mol. The Hall–Kier alpha value is -4.75. The van der Waals surface area contributed by atoms with Gasteiger partial charge in [0.15, 0.2) is 5.82 Å². The van der Waals surface area contributed by atoms with Crippen LogP contribution in [0.5, 0.6) is 0 Å². The van der Waals surface area contributed by atoms with Crippen molar-refractivity contribution in [2.45, 2.75) is 83.3 Å². The number of likely N-dealkylation sites (tertiary alicyclic amines) is 1. The van der Waals surface area contributed by atoms with Crippen LogP contribution in [0.3, 0.4) is 0 Å². The second-order valence-electron chi connectivity index (χ2n) is 13.6. The van der Waals surface area contributed by atoms with Crippen molar-refractivity contribution in [2.75, 3.05) is 32.2 Å². The van der Waals surface area contributed by atoms with E-state index in [0.717, 1.165) is 24.0 Å². The standard InChI is InChI=1S/C36H48N6O7/c1-35(2,3)49-34(46)40-36(4,5)33(45)38-28(23-48-21-25-14-9-7-10-15-25)31(43)39-29-20-41(24-37-29)30(26-16-11-8-12-17-26)32(44)42-19-13-18-27(42)22-47-6/h7-12,14-17,20,24,27-28,30H,13,18-19,21-23H2,1-6H3,(H,38,45)(H,39,43)(H,40,46)/t27-,28+,30?/m0/s1. The van der Waals surface area contributed by atoms with Gasteiger partial charge in [-0.3, -0.25) is 14.4 Å². The number of anilines is 1. The molecule has 4 amide bonds. The van der Waals surface area contributed by atoms with Crippen LogP contribution in [0.4, 0.5) is 10.6 Å². The summed E-state index contributed by atoms with van der Waals surface area (Å²) in [5, 5.41) is 8.03. The fraction of sp³-hybridized carbons (Fsp3) is 0.472. The van der Waals surface area contributed by atoms with Crippen molar-refractivity contribution in [1.29, 1.82) is 0 Å². The van der Waals surface area contributed by atoms with Crippen molar-refractivity contribution < 1.29 is 33.4 Å². The molecule has 13 nitrogen and oxygen atoms in total. The third-order valence-corrected chi connectivity index (χ3v) is 7.92. The summed E-state index contributed by atoms with van der Waals surface area (Å²) < 4.78 is 18.2. The molecule has 1 aliphatic rings. The van der Waals surface area contributed by atoms with Gasteiger partial charge in [0.1, 0.15) is 23.2 Å². The first-order valence-electron chi connectivity index (χ1n) is 16.4. The van der Waals surface area contributed by atoms with Crippen molar-refractivity contribution in [3.8, 4) is 0 Å². The molecule has 1 unspecified atom stereocenters. The highest BCUT2D eigenvalue weighted by Gasteiger charge is 2.36. The van der Waals surface area contributed by atoms with Gasteiger partial charge in [0.05, 0.1) is 32.2 Å². The minimum Gasteiger partial charge on any atom is -0.444 e. The molecule has 1 aliphatic heterocycles. The zero-order chi connectivity index (χ0) is 35.6. The Morgan fingerprint density at radius 3 is 2.31 bits per heavy atom. The van der Waals surface area contributed by atoms with Gasteiger partial charge in [-0.25, -0.2) is 9.78 Å². The SMILES string of the molecule is COC[C@@H]1CCCN1C(=O)C(c1ccccc1)n1cnc(NC(=O)[C@@H](COCc2ccccc2)NC(=O)C(C)(C)NC(=O)OC(C)(C)C)c1. The minimum atomic E-state index is -1.43. The molecule has 2 aromatic carbocycles. The van der Waals surface area contributed by atoms with Crippen LogP contribution in [-0.4, -0.2) is 88.4 Å². The highest BCUT2D eigenvalue weighted by atomic mass is 16.6. The molecule has 4 rings (SSSR count). The van der Waals surface area contributed by atoms with E-state index in [-0.39, 0.29) is 31.0 Å². The predicted octanol–water partition coefficient (Wildman–Crippen LogP) is 4.05. The lowest BCUT2D eigenvalue weighted by atomic mass is 10.0. The summed E-state index contributed by atoms with van der Waals surface area (Å²) >= 11 is 0. The number of carbonyl (C=O) groups is 4. The Morgan fingerprint density at radius 1 is 0.980 bits per heavy atom. The van der Waals surface area contributed by atoms with E-state index in [1.807, 2.05) is 65.6 Å². The van der Waals surface area contributed by atoms with Gasteiger partial charge in [-0.2, -0.15) is 0 Å². The largest absolute Gasteiger partial charge is 0.444 e. The number of rotatable bonds is 14. The molecule has 0 spiro atoms. The average Bonchev–Trinajstić information content (AvgIpc) is 3.70. The first-order valence-corrected chi connectivity index (χ1v) is 16.4. The van der Waals surface area contributed by atoms with Crippen LogP contribution in [0.2, 0.25) is 0 Å². The molecule has 0 radical (unpaired) electrons. The second-order valence-corrected chi connectivity index (χ2v) is 13.6. The van der Waals surface area contributed by atoms with Gasteiger partial charge >= 0.3 is 6.09 Å². The molecule has 3 aromatic rings. The number of nitrogens with one attached hydrogen (secondary N) is 3. The molecule has 1 aromatic heterocycles. The van der Waals surface area contributed by atoms with Gasteiger partial charge in [-0.1, -0.05) is 60.7 Å². The van der Waals surface area contributed by atoms with Gasteiger partial charge in [-0.15, -0.1) is 0 Å². The molecular formula is C36H48N6O7. The van der Waals surface area contributed by atoms with Crippen molar-refractivity contribution >= 4 is 29.6 Å². The molecule has 13 heteroatoms. The number of amides is 4. The van der Waals surface area contributed by atoms with Gasteiger partial charge < -0.3 is 39.6 Å². The van der Waals surface area contributed by atoms with Gasteiger partial charge in [-0.05, 0) is 58.6 Å². The number of alkyl carbamates (subject to hydrolysis) is 1. The Bertz CT molecular complexity index is 1550. The zero-order valence-corrected chi connectivity index (χ0v) is 29.1. The van der Waals surface area contributed by atoms with E-state index in [4.69, 9.17) is 14.2 Å². The molecule has 3 atom stereocenters. The number of methoxy groups -OCH3 is 1. The molecule has 264 valence electrons. The molecular weight excluding hydrogens is 628 g/mol. The van der Waals surface area contributed by atoms with E-state index in [2.05, 4.69) is 20.9 Å². The topological polar surface area (TPSA) is 153 Å².